The van der Waals surface area contributed by atoms with Crippen molar-refractivity contribution in [1.29, 1.82) is 0 Å². The maximum atomic E-state index is 12.1. The Morgan fingerprint density at radius 2 is 2.13 bits per heavy atom. The number of carbonyl (C=O) groups excluding carboxylic acids is 1. The number of alkyl halides is 2. The van der Waals surface area contributed by atoms with E-state index in [1.165, 1.54) is 7.05 Å². The summed E-state index contributed by atoms with van der Waals surface area (Å²) in [4.78, 5) is 13.0. The van der Waals surface area contributed by atoms with Crippen LogP contribution in [-0.4, -0.2) is 35.8 Å². The minimum absolute atomic E-state index is 0.125. The third-order valence-corrected chi connectivity index (χ3v) is 3.24. The summed E-state index contributed by atoms with van der Waals surface area (Å²) in [5.74, 6) is -0.374. The predicted octanol–water partition coefficient (Wildman–Crippen LogP) is 1.17. The number of thiocarbonyl (C=S) groups is 1. The zero-order valence-corrected chi connectivity index (χ0v) is 9.32. The topological polar surface area (TPSA) is 46.3 Å². The minimum Gasteiger partial charge on any atom is -0.392 e. The van der Waals surface area contributed by atoms with Crippen molar-refractivity contribution in [3.8, 4) is 0 Å². The van der Waals surface area contributed by atoms with Gasteiger partial charge in [0.2, 0.25) is 5.91 Å². The molecule has 0 aromatic carbocycles. The van der Waals surface area contributed by atoms with Gasteiger partial charge in [-0.2, -0.15) is 0 Å². The van der Waals surface area contributed by atoms with Crippen LogP contribution in [0.5, 0.6) is 0 Å². The van der Waals surface area contributed by atoms with Crippen molar-refractivity contribution in [2.24, 2.45) is 11.1 Å². The average Bonchev–Trinajstić information content (AvgIpc) is 1.99. The van der Waals surface area contributed by atoms with E-state index < -0.39 is 18.4 Å². The van der Waals surface area contributed by atoms with Crippen molar-refractivity contribution in [2.45, 2.75) is 25.7 Å². The summed E-state index contributed by atoms with van der Waals surface area (Å²) in [5, 5.41) is 0. The molecule has 1 rings (SSSR count). The van der Waals surface area contributed by atoms with Crippen LogP contribution >= 0.6 is 12.2 Å². The SMILES string of the molecule is CN(CC(F)F)C(=O)C1(C(N)=S)CCC1. The first-order valence-corrected chi connectivity index (χ1v) is 5.14. The molecule has 0 radical (unpaired) electrons. The average molecular weight is 236 g/mol. The molecule has 0 atom stereocenters. The molecule has 6 heteroatoms. The molecule has 1 aliphatic carbocycles. The number of halogens is 2. The standard InChI is InChI=1S/C9H14F2N2OS/c1-13(5-6(10)11)8(14)9(7(12)15)3-2-4-9/h6H,2-5H2,1H3,(H2,12,15). The van der Waals surface area contributed by atoms with Crippen LogP contribution in [0, 0.1) is 5.41 Å². The van der Waals surface area contributed by atoms with Crippen LogP contribution in [0.1, 0.15) is 19.3 Å². The lowest BCUT2D eigenvalue weighted by Crippen LogP contribution is -2.54. The van der Waals surface area contributed by atoms with Gasteiger partial charge < -0.3 is 10.6 Å². The van der Waals surface area contributed by atoms with E-state index in [9.17, 15) is 13.6 Å². The zero-order chi connectivity index (χ0) is 11.6. The Morgan fingerprint density at radius 1 is 1.60 bits per heavy atom. The van der Waals surface area contributed by atoms with Gasteiger partial charge in [0.1, 0.15) is 0 Å². The molecule has 0 bridgehead atoms. The van der Waals surface area contributed by atoms with Crippen LogP contribution in [0.2, 0.25) is 0 Å². The maximum Gasteiger partial charge on any atom is 0.255 e. The van der Waals surface area contributed by atoms with E-state index in [4.69, 9.17) is 18.0 Å². The summed E-state index contributed by atoms with van der Waals surface area (Å²) in [7, 11) is 1.35. The second-order valence-corrected chi connectivity index (χ2v) is 4.32. The van der Waals surface area contributed by atoms with Crippen molar-refractivity contribution < 1.29 is 13.6 Å². The summed E-state index contributed by atoms with van der Waals surface area (Å²) in [6, 6.07) is 0. The smallest absolute Gasteiger partial charge is 0.255 e. The van der Waals surface area contributed by atoms with Gasteiger partial charge in [-0.3, -0.25) is 4.79 Å². The van der Waals surface area contributed by atoms with E-state index in [2.05, 4.69) is 0 Å². The van der Waals surface area contributed by atoms with E-state index >= 15 is 0 Å². The molecule has 15 heavy (non-hydrogen) atoms. The van der Waals surface area contributed by atoms with Crippen molar-refractivity contribution in [2.75, 3.05) is 13.6 Å². The fourth-order valence-corrected chi connectivity index (χ4v) is 2.04. The second-order valence-electron chi connectivity index (χ2n) is 3.88. The molecule has 0 spiro atoms. The normalized spacial score (nSPS) is 18.4. The highest BCUT2D eigenvalue weighted by Crippen LogP contribution is 2.42. The lowest BCUT2D eigenvalue weighted by molar-refractivity contribution is -0.142. The van der Waals surface area contributed by atoms with Gasteiger partial charge in [0.25, 0.3) is 6.43 Å². The monoisotopic (exact) mass is 236 g/mol. The number of rotatable bonds is 4. The fraction of sp³-hybridized carbons (Fsp3) is 0.778. The van der Waals surface area contributed by atoms with Crippen LogP contribution in [0.4, 0.5) is 8.78 Å². The van der Waals surface area contributed by atoms with Crippen LogP contribution < -0.4 is 5.73 Å². The highest BCUT2D eigenvalue weighted by atomic mass is 32.1. The largest absolute Gasteiger partial charge is 0.392 e. The first-order chi connectivity index (χ1) is 6.90. The maximum absolute atomic E-state index is 12.1. The fourth-order valence-electron chi connectivity index (χ4n) is 1.75. The summed E-state index contributed by atoms with van der Waals surface area (Å²) in [5.41, 5.74) is 4.65. The van der Waals surface area contributed by atoms with Gasteiger partial charge in [-0.15, -0.1) is 0 Å². The Balaban J connectivity index is 2.69. The molecule has 1 aliphatic rings. The Kier molecular flexibility index (Phi) is 3.59. The molecule has 1 amide bonds. The Hall–Kier alpha value is -0.780. The van der Waals surface area contributed by atoms with Crippen molar-refractivity contribution in [1.82, 2.24) is 4.90 Å². The summed E-state index contributed by atoms with van der Waals surface area (Å²) >= 11 is 4.83. The van der Waals surface area contributed by atoms with Crippen LogP contribution in [0.15, 0.2) is 0 Å². The van der Waals surface area contributed by atoms with Crippen molar-refractivity contribution in [3.05, 3.63) is 0 Å². The molecule has 0 heterocycles. The number of hydrogen-bond acceptors (Lipinski definition) is 2. The Labute approximate surface area is 92.6 Å². The third kappa shape index (κ3) is 2.25. The van der Waals surface area contributed by atoms with Gasteiger partial charge in [0.15, 0.2) is 0 Å². The predicted molar refractivity (Wildman–Crippen MR) is 56.7 cm³/mol. The highest BCUT2D eigenvalue weighted by molar-refractivity contribution is 7.80. The molecule has 1 fully saturated rings. The van der Waals surface area contributed by atoms with Gasteiger partial charge >= 0.3 is 0 Å². The number of nitrogens with two attached hydrogens (primary N) is 1. The highest BCUT2D eigenvalue weighted by Gasteiger charge is 2.48. The zero-order valence-electron chi connectivity index (χ0n) is 8.50. The molecule has 0 aliphatic heterocycles. The summed E-state index contributed by atoms with van der Waals surface area (Å²) in [6.07, 6.45) is -0.503. The van der Waals surface area contributed by atoms with E-state index in [1.807, 2.05) is 0 Å². The molecule has 2 N–H and O–H groups in total. The van der Waals surface area contributed by atoms with Crippen LogP contribution in [0.3, 0.4) is 0 Å². The third-order valence-electron chi connectivity index (χ3n) is 2.85. The second kappa shape index (κ2) is 4.38. The quantitative estimate of drug-likeness (QED) is 0.745. The lowest BCUT2D eigenvalue weighted by Gasteiger charge is -2.41. The number of carbonyl (C=O) groups is 1. The number of amides is 1. The summed E-state index contributed by atoms with van der Waals surface area (Å²) in [6.45, 7) is -0.566. The minimum atomic E-state index is -2.53. The van der Waals surface area contributed by atoms with Crippen LogP contribution in [-0.2, 0) is 4.79 Å². The van der Waals surface area contributed by atoms with Gasteiger partial charge in [0, 0.05) is 7.05 Å². The first kappa shape index (κ1) is 12.3. The summed E-state index contributed by atoms with van der Waals surface area (Å²) < 4.78 is 24.2. The van der Waals surface area contributed by atoms with Gasteiger partial charge in [0.05, 0.1) is 16.9 Å². The molecule has 0 aromatic heterocycles. The molecule has 0 unspecified atom stereocenters. The van der Waals surface area contributed by atoms with Crippen molar-refractivity contribution >= 4 is 23.1 Å². The van der Waals surface area contributed by atoms with Gasteiger partial charge in [-0.05, 0) is 12.8 Å². The molecule has 1 saturated carbocycles. The number of hydrogen-bond donors (Lipinski definition) is 1. The molecule has 3 nitrogen and oxygen atoms in total. The van der Waals surface area contributed by atoms with Crippen LogP contribution in [0.25, 0.3) is 0 Å². The Bertz CT molecular complexity index is 279. The van der Waals surface area contributed by atoms with Crippen molar-refractivity contribution in [3.63, 3.8) is 0 Å². The molecular formula is C9H14F2N2OS. The number of nitrogens with zero attached hydrogens (tertiary/aromatic N) is 1. The van der Waals surface area contributed by atoms with E-state index in [0.29, 0.717) is 12.8 Å². The Morgan fingerprint density at radius 3 is 2.40 bits per heavy atom. The molecule has 0 saturated heterocycles. The van der Waals surface area contributed by atoms with E-state index in [0.717, 1.165) is 11.3 Å². The first-order valence-electron chi connectivity index (χ1n) is 4.74. The van der Waals surface area contributed by atoms with E-state index in [1.54, 1.807) is 0 Å². The van der Waals surface area contributed by atoms with Gasteiger partial charge in [-0.1, -0.05) is 18.6 Å². The van der Waals surface area contributed by atoms with E-state index in [-0.39, 0.29) is 10.9 Å². The molecule has 0 aromatic rings. The molecular weight excluding hydrogens is 222 g/mol. The van der Waals surface area contributed by atoms with Gasteiger partial charge in [-0.25, -0.2) is 8.78 Å². The lowest BCUT2D eigenvalue weighted by atomic mass is 9.67. The molecule has 86 valence electrons.